The number of hydrogen-bond acceptors (Lipinski definition) is 2. The van der Waals surface area contributed by atoms with Crippen LogP contribution in [0.1, 0.15) is 22.3 Å². The molecule has 5 heteroatoms. The molecule has 3 rings (SSSR count). The van der Waals surface area contributed by atoms with Gasteiger partial charge in [-0.3, -0.25) is 9.59 Å². The zero-order valence-electron chi connectivity index (χ0n) is 14.6. The van der Waals surface area contributed by atoms with Crippen LogP contribution in [0, 0.1) is 3.57 Å². The van der Waals surface area contributed by atoms with E-state index in [9.17, 15) is 9.59 Å². The lowest BCUT2D eigenvalue weighted by atomic mass is 10.1. The van der Waals surface area contributed by atoms with Crippen LogP contribution >= 0.6 is 22.6 Å². The first-order valence-corrected chi connectivity index (χ1v) is 9.69. The minimum absolute atomic E-state index is 0.0329. The molecule has 0 aromatic heterocycles. The summed E-state index contributed by atoms with van der Waals surface area (Å²) in [6.45, 7) is 0. The summed E-state index contributed by atoms with van der Waals surface area (Å²) in [5.74, 6) is -0.192. The lowest BCUT2D eigenvalue weighted by Crippen LogP contribution is -2.13. The van der Waals surface area contributed by atoms with Crippen LogP contribution in [-0.2, 0) is 11.2 Å². The van der Waals surface area contributed by atoms with Gasteiger partial charge in [-0.2, -0.15) is 0 Å². The molecule has 0 fully saturated rings. The molecule has 3 aromatic carbocycles. The van der Waals surface area contributed by atoms with Crippen LogP contribution in [0.5, 0.6) is 0 Å². The maximum atomic E-state index is 12.3. The molecule has 0 aliphatic rings. The molecule has 2 N–H and O–H groups in total. The van der Waals surface area contributed by atoms with Crippen LogP contribution in [0.2, 0.25) is 0 Å². The number of aryl methyl sites for hydroxylation is 1. The Bertz CT molecular complexity index is 925. The SMILES string of the molecule is O=C(CCc1ccccc1)Nc1ccc(NC(=O)c2cccc(I)c2)cc1. The van der Waals surface area contributed by atoms with E-state index in [2.05, 4.69) is 33.2 Å². The first-order valence-electron chi connectivity index (χ1n) is 8.61. The van der Waals surface area contributed by atoms with Crippen LogP contribution in [0.3, 0.4) is 0 Å². The summed E-state index contributed by atoms with van der Waals surface area (Å²) in [6, 6.07) is 24.4. The van der Waals surface area contributed by atoms with Gasteiger partial charge in [0.1, 0.15) is 0 Å². The zero-order valence-corrected chi connectivity index (χ0v) is 16.8. The third kappa shape index (κ3) is 5.92. The highest BCUT2D eigenvalue weighted by Crippen LogP contribution is 2.16. The van der Waals surface area contributed by atoms with Crippen molar-refractivity contribution < 1.29 is 9.59 Å². The van der Waals surface area contributed by atoms with Crippen LogP contribution in [0.15, 0.2) is 78.9 Å². The van der Waals surface area contributed by atoms with E-state index in [1.807, 2.05) is 48.5 Å². The molecule has 0 bridgehead atoms. The van der Waals surface area contributed by atoms with Gasteiger partial charge in [-0.15, -0.1) is 0 Å². The predicted octanol–water partition coefficient (Wildman–Crippen LogP) is 5.11. The minimum Gasteiger partial charge on any atom is -0.326 e. The number of amides is 2. The Morgan fingerprint density at radius 3 is 2.11 bits per heavy atom. The van der Waals surface area contributed by atoms with Crippen molar-refractivity contribution in [1.82, 2.24) is 0 Å². The summed E-state index contributed by atoms with van der Waals surface area (Å²) >= 11 is 2.18. The fraction of sp³-hybridized carbons (Fsp3) is 0.0909. The van der Waals surface area contributed by atoms with Crippen molar-refractivity contribution >= 4 is 45.8 Å². The van der Waals surface area contributed by atoms with Crippen molar-refractivity contribution in [3.05, 3.63) is 93.6 Å². The normalized spacial score (nSPS) is 10.3. The van der Waals surface area contributed by atoms with E-state index >= 15 is 0 Å². The molecule has 2 amide bonds. The molecular formula is C22H19IN2O2. The van der Waals surface area contributed by atoms with Gasteiger partial charge < -0.3 is 10.6 Å². The van der Waals surface area contributed by atoms with Gasteiger partial charge in [-0.25, -0.2) is 0 Å². The molecule has 0 heterocycles. The van der Waals surface area contributed by atoms with Crippen molar-refractivity contribution in [2.24, 2.45) is 0 Å². The van der Waals surface area contributed by atoms with E-state index in [1.54, 1.807) is 30.3 Å². The first-order chi connectivity index (χ1) is 13.1. The first kappa shape index (κ1) is 19.1. The molecule has 0 aliphatic heterocycles. The Balaban J connectivity index is 1.52. The second kappa shape index (κ2) is 9.32. The molecule has 0 unspecified atom stereocenters. The van der Waals surface area contributed by atoms with E-state index in [4.69, 9.17) is 0 Å². The van der Waals surface area contributed by atoms with Gasteiger partial charge >= 0.3 is 0 Å². The summed E-state index contributed by atoms with van der Waals surface area (Å²) in [4.78, 5) is 24.3. The predicted molar refractivity (Wildman–Crippen MR) is 117 cm³/mol. The van der Waals surface area contributed by atoms with Gasteiger partial charge in [0.2, 0.25) is 5.91 Å². The Labute approximate surface area is 172 Å². The molecule has 0 spiro atoms. The van der Waals surface area contributed by atoms with E-state index in [1.165, 1.54) is 0 Å². The highest BCUT2D eigenvalue weighted by atomic mass is 127. The number of anilines is 2. The molecule has 27 heavy (non-hydrogen) atoms. The maximum absolute atomic E-state index is 12.3. The van der Waals surface area contributed by atoms with E-state index in [0.29, 0.717) is 29.8 Å². The Kier molecular flexibility index (Phi) is 6.59. The second-order valence-electron chi connectivity index (χ2n) is 6.08. The number of rotatable bonds is 6. The summed E-state index contributed by atoms with van der Waals surface area (Å²) in [6.07, 6.45) is 1.13. The van der Waals surface area contributed by atoms with Gasteiger partial charge in [0, 0.05) is 26.9 Å². The lowest BCUT2D eigenvalue weighted by Gasteiger charge is -2.08. The van der Waals surface area contributed by atoms with Crippen LogP contribution < -0.4 is 10.6 Å². The highest BCUT2D eigenvalue weighted by molar-refractivity contribution is 14.1. The number of carbonyl (C=O) groups is 2. The monoisotopic (exact) mass is 470 g/mol. The van der Waals surface area contributed by atoms with E-state index < -0.39 is 0 Å². The van der Waals surface area contributed by atoms with Crippen molar-refractivity contribution in [3.8, 4) is 0 Å². The zero-order chi connectivity index (χ0) is 19.1. The number of halogens is 1. The molecule has 4 nitrogen and oxygen atoms in total. The van der Waals surface area contributed by atoms with Crippen molar-refractivity contribution in [1.29, 1.82) is 0 Å². The average Bonchev–Trinajstić information content (AvgIpc) is 2.69. The molecule has 0 saturated carbocycles. The molecular weight excluding hydrogens is 451 g/mol. The van der Waals surface area contributed by atoms with Gasteiger partial charge in [0.15, 0.2) is 0 Å². The van der Waals surface area contributed by atoms with Crippen molar-refractivity contribution in [3.63, 3.8) is 0 Å². The summed E-state index contributed by atoms with van der Waals surface area (Å²) in [5.41, 5.74) is 3.14. The van der Waals surface area contributed by atoms with Crippen LogP contribution in [-0.4, -0.2) is 11.8 Å². The fourth-order valence-electron chi connectivity index (χ4n) is 2.60. The molecule has 0 saturated heterocycles. The number of benzene rings is 3. The van der Waals surface area contributed by atoms with Crippen molar-refractivity contribution in [2.75, 3.05) is 10.6 Å². The van der Waals surface area contributed by atoms with Gasteiger partial charge in [0.05, 0.1) is 0 Å². The quantitative estimate of drug-likeness (QED) is 0.492. The highest BCUT2D eigenvalue weighted by Gasteiger charge is 2.07. The summed E-state index contributed by atoms with van der Waals surface area (Å²) in [7, 11) is 0. The number of hydrogen-bond donors (Lipinski definition) is 2. The Morgan fingerprint density at radius 1 is 0.778 bits per heavy atom. The Morgan fingerprint density at radius 2 is 1.44 bits per heavy atom. The van der Waals surface area contributed by atoms with E-state index in [-0.39, 0.29) is 11.8 Å². The smallest absolute Gasteiger partial charge is 0.255 e. The molecule has 0 radical (unpaired) electrons. The topological polar surface area (TPSA) is 58.2 Å². The molecule has 136 valence electrons. The summed E-state index contributed by atoms with van der Waals surface area (Å²) < 4.78 is 1.01. The average molecular weight is 470 g/mol. The van der Waals surface area contributed by atoms with Gasteiger partial charge in [0.25, 0.3) is 5.91 Å². The summed E-state index contributed by atoms with van der Waals surface area (Å²) in [5, 5.41) is 5.74. The number of nitrogens with one attached hydrogen (secondary N) is 2. The number of carbonyl (C=O) groups excluding carboxylic acids is 2. The van der Waals surface area contributed by atoms with E-state index in [0.717, 1.165) is 9.13 Å². The largest absolute Gasteiger partial charge is 0.326 e. The third-order valence-electron chi connectivity index (χ3n) is 4.00. The standard InChI is InChI=1S/C22H19IN2O2/c23-18-8-4-7-17(15-18)22(27)25-20-12-10-19(11-13-20)24-21(26)14-9-16-5-2-1-3-6-16/h1-8,10-13,15H,9,14H2,(H,24,26)(H,25,27). The van der Waals surface area contributed by atoms with Gasteiger partial charge in [-0.1, -0.05) is 36.4 Å². The third-order valence-corrected chi connectivity index (χ3v) is 4.67. The van der Waals surface area contributed by atoms with Crippen LogP contribution in [0.25, 0.3) is 0 Å². The van der Waals surface area contributed by atoms with Crippen molar-refractivity contribution in [2.45, 2.75) is 12.8 Å². The molecule has 3 aromatic rings. The lowest BCUT2D eigenvalue weighted by molar-refractivity contribution is -0.116. The fourth-order valence-corrected chi connectivity index (χ4v) is 3.14. The Hall–Kier alpha value is -2.67. The minimum atomic E-state index is -0.159. The molecule has 0 atom stereocenters. The maximum Gasteiger partial charge on any atom is 0.255 e. The molecule has 0 aliphatic carbocycles. The second-order valence-corrected chi connectivity index (χ2v) is 7.32. The van der Waals surface area contributed by atoms with Gasteiger partial charge in [-0.05, 0) is 77.0 Å². The van der Waals surface area contributed by atoms with Crippen LogP contribution in [0.4, 0.5) is 11.4 Å².